The smallest absolute Gasteiger partial charge is 0.363 e. The monoisotopic (exact) mass is 424 g/mol. The van der Waals surface area contributed by atoms with Crippen LogP contribution in [0.3, 0.4) is 0 Å². The fourth-order valence-corrected chi connectivity index (χ4v) is 2.77. The Balaban J connectivity index is 1.86. The minimum Gasteiger partial charge on any atom is -0.496 e. The number of carbonyl (C=O) groups excluding carboxylic acids is 2. The molecule has 0 spiro atoms. The highest BCUT2D eigenvalue weighted by Crippen LogP contribution is 2.31. The predicted octanol–water partition coefficient (Wildman–Crippen LogP) is 2.91. The molecule has 1 amide bonds. The molecule has 8 nitrogen and oxygen atoms in total. The lowest BCUT2D eigenvalue weighted by atomic mass is 10.1. The second kappa shape index (κ2) is 9.80. The number of rotatable bonds is 8. The average Bonchev–Trinajstić information content (AvgIpc) is 3.13. The Labute approximate surface area is 180 Å². The number of hydrogen-bond donors (Lipinski definition) is 0. The van der Waals surface area contributed by atoms with Gasteiger partial charge in [-0.05, 0) is 42.8 Å². The number of hydrogen-bond acceptors (Lipinski definition) is 7. The Morgan fingerprint density at radius 3 is 2.58 bits per heavy atom. The van der Waals surface area contributed by atoms with Gasteiger partial charge in [-0.1, -0.05) is 18.2 Å². The number of carbonyl (C=O) groups is 2. The highest BCUT2D eigenvalue weighted by Gasteiger charge is 2.26. The summed E-state index contributed by atoms with van der Waals surface area (Å²) < 4.78 is 21.9. The van der Waals surface area contributed by atoms with Gasteiger partial charge in [-0.15, -0.1) is 0 Å². The number of cyclic esters (lactones) is 1. The minimum atomic E-state index is -0.559. The van der Waals surface area contributed by atoms with Crippen molar-refractivity contribution < 1.29 is 28.5 Å². The van der Waals surface area contributed by atoms with E-state index in [0.29, 0.717) is 35.0 Å². The van der Waals surface area contributed by atoms with Crippen LogP contribution in [-0.2, 0) is 14.3 Å². The molecule has 31 heavy (non-hydrogen) atoms. The second-order valence-corrected chi connectivity index (χ2v) is 6.75. The van der Waals surface area contributed by atoms with Crippen LogP contribution in [0.15, 0.2) is 53.2 Å². The van der Waals surface area contributed by atoms with E-state index in [2.05, 4.69) is 4.99 Å². The van der Waals surface area contributed by atoms with E-state index >= 15 is 0 Å². The number of ether oxygens (including phenoxy) is 4. The van der Waals surface area contributed by atoms with E-state index in [1.165, 1.54) is 12.0 Å². The zero-order chi connectivity index (χ0) is 22.4. The van der Waals surface area contributed by atoms with Gasteiger partial charge < -0.3 is 23.8 Å². The van der Waals surface area contributed by atoms with E-state index in [1.807, 2.05) is 19.1 Å². The zero-order valence-electron chi connectivity index (χ0n) is 17.9. The van der Waals surface area contributed by atoms with Gasteiger partial charge in [-0.2, -0.15) is 0 Å². The van der Waals surface area contributed by atoms with Crippen LogP contribution in [0.2, 0.25) is 0 Å². The number of esters is 1. The summed E-state index contributed by atoms with van der Waals surface area (Å²) in [6.07, 6.45) is 1.60. The largest absolute Gasteiger partial charge is 0.496 e. The Morgan fingerprint density at radius 2 is 1.87 bits per heavy atom. The molecule has 0 radical (unpaired) electrons. The van der Waals surface area contributed by atoms with Crippen molar-refractivity contribution in [3.05, 3.63) is 59.3 Å². The molecule has 0 saturated heterocycles. The fraction of sp³-hybridized carbons (Fsp3) is 0.261. The van der Waals surface area contributed by atoms with Gasteiger partial charge in [0.05, 0.1) is 19.3 Å². The van der Waals surface area contributed by atoms with Gasteiger partial charge >= 0.3 is 5.97 Å². The van der Waals surface area contributed by atoms with Crippen LogP contribution in [0.5, 0.6) is 17.2 Å². The van der Waals surface area contributed by atoms with Crippen molar-refractivity contribution in [2.24, 2.45) is 4.99 Å². The molecule has 1 aliphatic rings. The van der Waals surface area contributed by atoms with Gasteiger partial charge in [0, 0.05) is 14.1 Å². The quantitative estimate of drug-likeness (QED) is 0.478. The number of benzene rings is 2. The molecule has 1 heterocycles. The van der Waals surface area contributed by atoms with E-state index in [-0.39, 0.29) is 24.1 Å². The van der Waals surface area contributed by atoms with Crippen LogP contribution in [-0.4, -0.2) is 57.1 Å². The maximum absolute atomic E-state index is 12.3. The van der Waals surface area contributed by atoms with Gasteiger partial charge in [-0.25, -0.2) is 9.79 Å². The number of nitrogens with zero attached hydrogens (tertiary/aromatic N) is 2. The molecular weight excluding hydrogens is 400 g/mol. The van der Waals surface area contributed by atoms with Crippen molar-refractivity contribution in [1.29, 1.82) is 0 Å². The van der Waals surface area contributed by atoms with Crippen molar-refractivity contribution in [1.82, 2.24) is 4.90 Å². The molecule has 3 rings (SSSR count). The van der Waals surface area contributed by atoms with Crippen LogP contribution in [0.4, 0.5) is 0 Å². The number of methoxy groups -OCH3 is 1. The van der Waals surface area contributed by atoms with Crippen molar-refractivity contribution in [3.63, 3.8) is 0 Å². The van der Waals surface area contributed by atoms with Crippen LogP contribution in [0.1, 0.15) is 18.1 Å². The average molecular weight is 424 g/mol. The molecule has 0 N–H and O–H groups in total. The molecule has 0 bridgehead atoms. The Morgan fingerprint density at radius 1 is 1.10 bits per heavy atom. The Kier molecular flexibility index (Phi) is 6.92. The first-order valence-corrected chi connectivity index (χ1v) is 9.68. The van der Waals surface area contributed by atoms with Crippen molar-refractivity contribution in [2.45, 2.75) is 6.92 Å². The van der Waals surface area contributed by atoms with Crippen LogP contribution in [0, 0.1) is 0 Å². The molecule has 162 valence electrons. The van der Waals surface area contributed by atoms with E-state index < -0.39 is 5.97 Å². The number of likely N-dealkylation sites (N-methyl/N-ethyl adjacent to an activating group) is 1. The predicted molar refractivity (Wildman–Crippen MR) is 115 cm³/mol. The molecule has 0 unspecified atom stereocenters. The summed E-state index contributed by atoms with van der Waals surface area (Å²) in [5, 5.41) is 0. The lowest BCUT2D eigenvalue weighted by Gasteiger charge is -2.14. The first kappa shape index (κ1) is 21.9. The summed E-state index contributed by atoms with van der Waals surface area (Å²) in [6.45, 7) is 2.15. The van der Waals surface area contributed by atoms with Gasteiger partial charge in [0.2, 0.25) is 5.90 Å². The van der Waals surface area contributed by atoms with Crippen molar-refractivity contribution in [2.75, 3.05) is 34.4 Å². The fourth-order valence-electron chi connectivity index (χ4n) is 2.77. The number of aliphatic imine (C=N–C) groups is 1. The topological polar surface area (TPSA) is 86.7 Å². The highest BCUT2D eigenvalue weighted by molar-refractivity contribution is 6.13. The normalized spacial score (nSPS) is 14.1. The summed E-state index contributed by atoms with van der Waals surface area (Å²) in [7, 11) is 4.85. The molecule has 8 heteroatoms. The number of amides is 1. The van der Waals surface area contributed by atoms with E-state index in [0.717, 1.165) is 0 Å². The first-order valence-electron chi connectivity index (χ1n) is 9.68. The molecule has 1 aliphatic heterocycles. The molecule has 0 aromatic heterocycles. The molecule has 0 aliphatic carbocycles. The Bertz CT molecular complexity index is 1040. The molecule has 0 fully saturated rings. The summed E-state index contributed by atoms with van der Waals surface area (Å²) in [5.74, 6) is 0.912. The molecule has 2 aromatic carbocycles. The van der Waals surface area contributed by atoms with E-state index in [1.54, 1.807) is 50.5 Å². The summed E-state index contributed by atoms with van der Waals surface area (Å²) >= 11 is 0. The van der Waals surface area contributed by atoms with Crippen LogP contribution >= 0.6 is 0 Å². The maximum atomic E-state index is 12.3. The molecule has 0 atom stereocenters. The molecule has 0 saturated carbocycles. The lowest BCUT2D eigenvalue weighted by molar-refractivity contribution is -0.131. The van der Waals surface area contributed by atoms with Crippen molar-refractivity contribution in [3.8, 4) is 17.2 Å². The summed E-state index contributed by atoms with van der Waals surface area (Å²) in [5.41, 5.74) is 1.41. The zero-order valence-corrected chi connectivity index (χ0v) is 17.9. The summed E-state index contributed by atoms with van der Waals surface area (Å²) in [4.78, 5) is 29.9. The minimum absolute atomic E-state index is 0.105. The molecular formula is C23H24N2O6. The Hall–Kier alpha value is -3.81. The van der Waals surface area contributed by atoms with Gasteiger partial charge in [0.1, 0.15) is 5.75 Å². The van der Waals surface area contributed by atoms with E-state index in [9.17, 15) is 9.59 Å². The highest BCUT2D eigenvalue weighted by atomic mass is 16.6. The first-order chi connectivity index (χ1) is 14.9. The SMILES string of the molecule is CCOc1cc(C=C2N=C(c3ccccc3OC)OC2=O)ccc1OCC(=O)N(C)C. The van der Waals surface area contributed by atoms with Crippen LogP contribution in [0.25, 0.3) is 6.08 Å². The number of para-hydroxylation sites is 1. The second-order valence-electron chi connectivity index (χ2n) is 6.75. The summed E-state index contributed by atoms with van der Waals surface area (Å²) in [6, 6.07) is 12.3. The van der Waals surface area contributed by atoms with E-state index in [4.69, 9.17) is 18.9 Å². The molecule has 2 aromatic rings. The standard InChI is InChI=1S/C23H24N2O6/c1-5-29-20-13-15(10-11-19(20)30-14-21(26)25(2)3)12-17-23(27)31-22(24-17)16-8-6-7-9-18(16)28-4/h6-13H,5,14H2,1-4H3. The third-order valence-corrected chi connectivity index (χ3v) is 4.38. The van der Waals surface area contributed by atoms with Crippen LogP contribution < -0.4 is 14.2 Å². The van der Waals surface area contributed by atoms with Gasteiger partial charge in [-0.3, -0.25) is 4.79 Å². The van der Waals surface area contributed by atoms with Gasteiger partial charge in [0.15, 0.2) is 23.8 Å². The van der Waals surface area contributed by atoms with Gasteiger partial charge in [0.25, 0.3) is 5.91 Å². The third-order valence-electron chi connectivity index (χ3n) is 4.38. The third kappa shape index (κ3) is 5.22. The van der Waals surface area contributed by atoms with Crippen molar-refractivity contribution >= 4 is 23.9 Å². The lowest BCUT2D eigenvalue weighted by Crippen LogP contribution is -2.27. The maximum Gasteiger partial charge on any atom is 0.363 e.